The van der Waals surface area contributed by atoms with Gasteiger partial charge in [0.05, 0.1) is 7.11 Å². The number of aromatic nitrogens is 2. The molecule has 0 unspecified atom stereocenters. The molecule has 7 heteroatoms. The van der Waals surface area contributed by atoms with Gasteiger partial charge in [-0.3, -0.25) is 4.79 Å². The van der Waals surface area contributed by atoms with Crippen LogP contribution in [0.3, 0.4) is 0 Å². The lowest BCUT2D eigenvalue weighted by Crippen LogP contribution is -2.20. The monoisotopic (exact) mass is 339 g/mol. The number of nitrogens with one attached hydrogen (secondary N) is 1. The van der Waals surface area contributed by atoms with Gasteiger partial charge in [0.25, 0.3) is 11.6 Å². The number of oxazole rings is 1. The predicted molar refractivity (Wildman–Crippen MR) is 90.9 cm³/mol. The Balaban J connectivity index is 1.38. The minimum absolute atomic E-state index is 0.0519. The van der Waals surface area contributed by atoms with E-state index in [9.17, 15) is 4.79 Å². The molecule has 0 saturated heterocycles. The molecule has 1 N–H and O–H groups in total. The SMILES string of the molecule is COc1ccc(NC(=O)COc2nc3cc4c(nc3o2)CCC4)cc1. The second kappa shape index (κ2) is 6.43. The molecule has 1 amide bonds. The second-order valence-electron chi connectivity index (χ2n) is 5.82. The largest absolute Gasteiger partial charge is 0.497 e. The number of hydrogen-bond donors (Lipinski definition) is 1. The quantitative estimate of drug-likeness (QED) is 0.769. The topological polar surface area (TPSA) is 86.5 Å². The smallest absolute Gasteiger partial charge is 0.396 e. The average molecular weight is 339 g/mol. The van der Waals surface area contributed by atoms with Crippen molar-refractivity contribution in [1.29, 1.82) is 0 Å². The zero-order valence-corrected chi connectivity index (χ0v) is 13.7. The van der Waals surface area contributed by atoms with Crippen LogP contribution in [0.2, 0.25) is 0 Å². The minimum atomic E-state index is -0.303. The van der Waals surface area contributed by atoms with E-state index in [4.69, 9.17) is 13.9 Å². The molecule has 3 aromatic rings. The van der Waals surface area contributed by atoms with Crippen molar-refractivity contribution in [2.45, 2.75) is 19.3 Å². The summed E-state index contributed by atoms with van der Waals surface area (Å²) < 4.78 is 15.9. The van der Waals surface area contributed by atoms with Gasteiger partial charge in [0.2, 0.25) is 0 Å². The fourth-order valence-corrected chi connectivity index (χ4v) is 2.86. The molecular formula is C18H17N3O4. The van der Waals surface area contributed by atoms with E-state index in [1.54, 1.807) is 31.4 Å². The van der Waals surface area contributed by atoms with E-state index in [1.807, 2.05) is 6.07 Å². The third kappa shape index (κ3) is 3.26. The first-order valence-electron chi connectivity index (χ1n) is 8.07. The number of pyridine rings is 1. The number of benzene rings is 1. The van der Waals surface area contributed by atoms with Crippen LogP contribution in [0.1, 0.15) is 17.7 Å². The van der Waals surface area contributed by atoms with Crippen LogP contribution < -0.4 is 14.8 Å². The van der Waals surface area contributed by atoms with Crippen molar-refractivity contribution in [3.63, 3.8) is 0 Å². The van der Waals surface area contributed by atoms with Crippen LogP contribution in [0, 0.1) is 0 Å². The van der Waals surface area contributed by atoms with Gasteiger partial charge >= 0.3 is 6.08 Å². The molecular weight excluding hydrogens is 322 g/mol. The molecule has 0 atom stereocenters. The Bertz CT molecular complexity index is 877. The lowest BCUT2D eigenvalue weighted by molar-refractivity contribution is -0.118. The van der Waals surface area contributed by atoms with Gasteiger partial charge in [-0.1, -0.05) is 0 Å². The third-order valence-electron chi connectivity index (χ3n) is 4.09. The number of methoxy groups -OCH3 is 1. The van der Waals surface area contributed by atoms with E-state index in [-0.39, 0.29) is 18.6 Å². The van der Waals surface area contributed by atoms with Crippen molar-refractivity contribution in [3.05, 3.63) is 41.6 Å². The van der Waals surface area contributed by atoms with Crippen LogP contribution in [0.15, 0.2) is 34.7 Å². The second-order valence-corrected chi connectivity index (χ2v) is 5.82. The van der Waals surface area contributed by atoms with Crippen LogP contribution in [0.5, 0.6) is 11.8 Å². The number of hydrogen-bond acceptors (Lipinski definition) is 6. The van der Waals surface area contributed by atoms with Crippen molar-refractivity contribution in [1.82, 2.24) is 9.97 Å². The number of rotatable bonds is 5. The molecule has 1 aliphatic rings. The van der Waals surface area contributed by atoms with Gasteiger partial charge in [0.1, 0.15) is 11.3 Å². The maximum absolute atomic E-state index is 12.0. The molecule has 0 radical (unpaired) electrons. The molecule has 1 aliphatic carbocycles. The maximum atomic E-state index is 12.0. The van der Waals surface area contributed by atoms with Gasteiger partial charge < -0.3 is 19.2 Å². The Kier molecular flexibility index (Phi) is 3.97. The maximum Gasteiger partial charge on any atom is 0.396 e. The van der Waals surface area contributed by atoms with Crippen LogP contribution >= 0.6 is 0 Å². The average Bonchev–Trinajstić information content (AvgIpc) is 3.23. The molecule has 0 spiro atoms. The molecule has 4 rings (SSSR count). The Morgan fingerprint density at radius 1 is 1.24 bits per heavy atom. The molecule has 1 aromatic carbocycles. The first-order valence-corrected chi connectivity index (χ1v) is 8.07. The third-order valence-corrected chi connectivity index (χ3v) is 4.09. The van der Waals surface area contributed by atoms with Crippen molar-refractivity contribution in [3.8, 4) is 11.8 Å². The first-order chi connectivity index (χ1) is 12.2. The molecule has 0 fully saturated rings. The van der Waals surface area contributed by atoms with E-state index in [2.05, 4.69) is 15.3 Å². The number of aryl methyl sites for hydroxylation is 2. The number of carbonyl (C=O) groups is 1. The zero-order valence-electron chi connectivity index (χ0n) is 13.7. The summed E-state index contributed by atoms with van der Waals surface area (Å²) in [7, 11) is 1.59. The highest BCUT2D eigenvalue weighted by Gasteiger charge is 2.17. The van der Waals surface area contributed by atoms with Gasteiger partial charge in [-0.15, -0.1) is 0 Å². The Morgan fingerprint density at radius 2 is 2.08 bits per heavy atom. The van der Waals surface area contributed by atoms with Crippen molar-refractivity contribution in [2.75, 3.05) is 19.0 Å². The summed E-state index contributed by atoms with van der Waals surface area (Å²) in [5.41, 5.74) is 4.04. The number of carbonyl (C=O) groups excluding carboxylic acids is 1. The molecule has 0 saturated carbocycles. The molecule has 0 bridgehead atoms. The Morgan fingerprint density at radius 3 is 2.88 bits per heavy atom. The van der Waals surface area contributed by atoms with E-state index in [0.29, 0.717) is 16.9 Å². The van der Waals surface area contributed by atoms with E-state index in [1.165, 1.54) is 5.56 Å². The van der Waals surface area contributed by atoms with Crippen LogP contribution in [-0.2, 0) is 17.6 Å². The fraction of sp³-hybridized carbons (Fsp3) is 0.278. The number of ether oxygens (including phenoxy) is 2. The highest BCUT2D eigenvalue weighted by molar-refractivity contribution is 5.91. The summed E-state index contributed by atoms with van der Waals surface area (Å²) in [5, 5.41) is 2.73. The standard InChI is InChI=1S/C18H17N3O4/c1-23-13-7-5-12(6-8-13)19-16(22)10-24-18-21-15-9-11-3-2-4-14(11)20-17(15)25-18/h5-9H,2-4,10H2,1H3,(H,19,22). The van der Waals surface area contributed by atoms with Crippen molar-refractivity contribution >= 4 is 22.8 Å². The highest BCUT2D eigenvalue weighted by atomic mass is 16.6. The van der Waals surface area contributed by atoms with Crippen LogP contribution in [0.4, 0.5) is 5.69 Å². The summed E-state index contributed by atoms with van der Waals surface area (Å²) in [6, 6.07) is 9.02. The molecule has 2 heterocycles. The molecule has 25 heavy (non-hydrogen) atoms. The molecule has 128 valence electrons. The van der Waals surface area contributed by atoms with Gasteiger partial charge in [0, 0.05) is 11.4 Å². The van der Waals surface area contributed by atoms with Gasteiger partial charge in [0.15, 0.2) is 6.61 Å². The van der Waals surface area contributed by atoms with Crippen LogP contribution in [0.25, 0.3) is 11.2 Å². The fourth-order valence-electron chi connectivity index (χ4n) is 2.86. The number of nitrogens with zero attached hydrogens (tertiary/aromatic N) is 2. The van der Waals surface area contributed by atoms with E-state index in [0.717, 1.165) is 30.7 Å². The van der Waals surface area contributed by atoms with Crippen LogP contribution in [-0.4, -0.2) is 29.6 Å². The lowest BCUT2D eigenvalue weighted by Gasteiger charge is -2.06. The minimum Gasteiger partial charge on any atom is -0.497 e. The first kappa shape index (κ1) is 15.4. The summed E-state index contributed by atoms with van der Waals surface area (Å²) in [4.78, 5) is 20.7. The van der Waals surface area contributed by atoms with E-state index < -0.39 is 0 Å². The number of fused-ring (bicyclic) bond motifs is 2. The molecule has 0 aliphatic heterocycles. The summed E-state index contributed by atoms with van der Waals surface area (Å²) >= 11 is 0. The lowest BCUT2D eigenvalue weighted by atomic mass is 10.2. The normalized spacial score (nSPS) is 12.8. The Labute approximate surface area is 144 Å². The Hall–Kier alpha value is -3.09. The predicted octanol–water partition coefficient (Wildman–Crippen LogP) is 2.74. The van der Waals surface area contributed by atoms with Crippen molar-refractivity contribution in [2.24, 2.45) is 0 Å². The van der Waals surface area contributed by atoms with Gasteiger partial charge in [-0.05, 0) is 55.2 Å². The number of amides is 1. The summed E-state index contributed by atoms with van der Waals surface area (Å²) in [5.74, 6) is 0.419. The van der Waals surface area contributed by atoms with Gasteiger partial charge in [-0.25, -0.2) is 4.98 Å². The molecule has 2 aromatic heterocycles. The summed E-state index contributed by atoms with van der Waals surface area (Å²) in [6.45, 7) is -0.196. The molecule has 7 nitrogen and oxygen atoms in total. The van der Waals surface area contributed by atoms with Crippen molar-refractivity contribution < 1.29 is 18.7 Å². The van der Waals surface area contributed by atoms with E-state index >= 15 is 0 Å². The summed E-state index contributed by atoms with van der Waals surface area (Å²) in [6.07, 6.45) is 3.15. The van der Waals surface area contributed by atoms with Gasteiger partial charge in [-0.2, -0.15) is 4.98 Å². The number of anilines is 1. The zero-order chi connectivity index (χ0) is 17.2. The highest BCUT2D eigenvalue weighted by Crippen LogP contribution is 2.26.